The molecular formula is C10H10BrNO3S. The average Bonchev–Trinajstić information content (AvgIpc) is 2.61. The lowest BCUT2D eigenvalue weighted by molar-refractivity contribution is -0.140. The molecule has 1 amide bonds. The minimum absolute atomic E-state index is 0.419. The number of carboxylic acids is 1. The van der Waals surface area contributed by atoms with Crippen LogP contribution in [0.15, 0.2) is 21.3 Å². The van der Waals surface area contributed by atoms with Crippen molar-refractivity contribution in [3.8, 4) is 0 Å². The van der Waals surface area contributed by atoms with E-state index in [0.29, 0.717) is 0 Å². The van der Waals surface area contributed by atoms with Crippen LogP contribution in [-0.4, -0.2) is 23.0 Å². The van der Waals surface area contributed by atoms with Gasteiger partial charge >= 0.3 is 5.97 Å². The summed E-state index contributed by atoms with van der Waals surface area (Å²) < 4.78 is 0.978. The molecule has 2 N–H and O–H groups in total. The van der Waals surface area contributed by atoms with Gasteiger partial charge in [0.1, 0.15) is 6.04 Å². The third kappa shape index (κ3) is 4.16. The molecule has 4 nitrogen and oxygen atoms in total. The Morgan fingerprint density at radius 3 is 2.81 bits per heavy atom. The summed E-state index contributed by atoms with van der Waals surface area (Å²) in [6.07, 6.45) is 2.94. The van der Waals surface area contributed by atoms with E-state index >= 15 is 0 Å². The third-order valence-corrected chi connectivity index (χ3v) is 3.27. The molecule has 1 aromatic heterocycles. The molecule has 86 valence electrons. The van der Waals surface area contributed by atoms with Crippen LogP contribution in [-0.2, 0) is 9.59 Å². The highest BCUT2D eigenvalue weighted by Crippen LogP contribution is 2.21. The van der Waals surface area contributed by atoms with E-state index in [0.717, 1.165) is 9.35 Å². The van der Waals surface area contributed by atoms with Crippen LogP contribution in [0.4, 0.5) is 0 Å². The summed E-state index contributed by atoms with van der Waals surface area (Å²) in [5.41, 5.74) is 0.898. The molecule has 6 heteroatoms. The normalized spacial score (nSPS) is 12.6. The molecule has 1 aromatic rings. The number of nitrogens with one attached hydrogen (secondary N) is 1. The maximum absolute atomic E-state index is 11.3. The summed E-state index contributed by atoms with van der Waals surface area (Å²) in [6.45, 7) is 1.41. The minimum Gasteiger partial charge on any atom is -0.480 e. The Morgan fingerprint density at radius 2 is 2.31 bits per heavy atom. The van der Waals surface area contributed by atoms with Crippen molar-refractivity contribution in [2.24, 2.45) is 0 Å². The van der Waals surface area contributed by atoms with Gasteiger partial charge < -0.3 is 10.4 Å². The second kappa shape index (κ2) is 5.81. The third-order valence-electron chi connectivity index (χ3n) is 1.74. The Labute approximate surface area is 105 Å². The van der Waals surface area contributed by atoms with E-state index in [-0.39, 0.29) is 0 Å². The Morgan fingerprint density at radius 1 is 1.62 bits per heavy atom. The zero-order chi connectivity index (χ0) is 12.1. The minimum atomic E-state index is -1.06. The molecule has 0 aliphatic carbocycles. The Balaban J connectivity index is 2.51. The van der Waals surface area contributed by atoms with Crippen LogP contribution in [0.25, 0.3) is 6.08 Å². The van der Waals surface area contributed by atoms with Gasteiger partial charge in [-0.05, 0) is 45.9 Å². The summed E-state index contributed by atoms with van der Waals surface area (Å²) in [5, 5.41) is 12.8. The van der Waals surface area contributed by atoms with Gasteiger partial charge in [-0.1, -0.05) is 0 Å². The fraction of sp³-hybridized carbons (Fsp3) is 0.200. The van der Waals surface area contributed by atoms with Gasteiger partial charge in [0, 0.05) is 6.08 Å². The number of aliphatic carboxylic acids is 1. The number of carbonyl (C=O) groups is 2. The van der Waals surface area contributed by atoms with Gasteiger partial charge in [-0.15, -0.1) is 11.3 Å². The number of carbonyl (C=O) groups excluding carboxylic acids is 1. The highest BCUT2D eigenvalue weighted by atomic mass is 79.9. The van der Waals surface area contributed by atoms with Crippen molar-refractivity contribution in [2.45, 2.75) is 13.0 Å². The standard InChI is InChI=1S/C10H10BrNO3S/c1-6(10(14)15)12-9(13)3-2-7-4-8(11)16-5-7/h2-6H,1H3,(H,12,13)(H,14,15)/b3-2+. The van der Waals surface area contributed by atoms with Crippen molar-refractivity contribution < 1.29 is 14.7 Å². The van der Waals surface area contributed by atoms with Crippen LogP contribution < -0.4 is 5.32 Å². The van der Waals surface area contributed by atoms with Crippen molar-refractivity contribution in [1.29, 1.82) is 0 Å². The van der Waals surface area contributed by atoms with Gasteiger partial charge in [0.05, 0.1) is 3.79 Å². The number of thiophene rings is 1. The number of rotatable bonds is 4. The summed E-state index contributed by atoms with van der Waals surface area (Å²) in [4.78, 5) is 21.7. The lowest BCUT2D eigenvalue weighted by atomic mass is 10.3. The predicted octanol–water partition coefficient (Wildman–Crippen LogP) is 2.11. The van der Waals surface area contributed by atoms with Crippen LogP contribution in [0.1, 0.15) is 12.5 Å². The Hall–Kier alpha value is -1.14. The molecule has 0 saturated carbocycles. The second-order valence-electron chi connectivity index (χ2n) is 3.09. The van der Waals surface area contributed by atoms with Crippen molar-refractivity contribution in [2.75, 3.05) is 0 Å². The fourth-order valence-corrected chi connectivity index (χ4v) is 2.05. The van der Waals surface area contributed by atoms with E-state index in [9.17, 15) is 9.59 Å². The van der Waals surface area contributed by atoms with Gasteiger partial charge in [0.25, 0.3) is 0 Å². The van der Waals surface area contributed by atoms with Gasteiger partial charge in [-0.3, -0.25) is 9.59 Å². The first-order valence-electron chi connectivity index (χ1n) is 4.44. The molecule has 0 fully saturated rings. The Bertz CT molecular complexity index is 427. The molecule has 0 aromatic carbocycles. The number of hydrogen-bond donors (Lipinski definition) is 2. The Kier molecular flexibility index (Phi) is 4.70. The lowest BCUT2D eigenvalue weighted by Crippen LogP contribution is -2.37. The van der Waals surface area contributed by atoms with Crippen LogP contribution in [0.3, 0.4) is 0 Å². The van der Waals surface area contributed by atoms with Crippen LogP contribution >= 0.6 is 27.3 Å². The molecule has 0 aliphatic heterocycles. The first kappa shape index (κ1) is 12.9. The highest BCUT2D eigenvalue weighted by Gasteiger charge is 2.11. The molecule has 0 aliphatic rings. The van der Waals surface area contributed by atoms with Gasteiger partial charge in [-0.2, -0.15) is 0 Å². The van der Waals surface area contributed by atoms with Crippen molar-refractivity contribution in [1.82, 2.24) is 5.32 Å². The quantitative estimate of drug-likeness (QED) is 0.837. The summed E-state index contributed by atoms with van der Waals surface area (Å²) in [6, 6.07) is 0.987. The second-order valence-corrected chi connectivity index (χ2v) is 5.38. The topological polar surface area (TPSA) is 66.4 Å². The summed E-state index contributed by atoms with van der Waals surface area (Å²) in [5.74, 6) is -1.47. The van der Waals surface area contributed by atoms with Crippen molar-refractivity contribution >= 4 is 45.2 Å². The molecule has 1 heterocycles. The van der Waals surface area contributed by atoms with E-state index in [1.807, 2.05) is 11.4 Å². The first-order chi connectivity index (χ1) is 7.49. The fourth-order valence-electron chi connectivity index (χ4n) is 0.906. The van der Waals surface area contributed by atoms with E-state index < -0.39 is 17.9 Å². The monoisotopic (exact) mass is 303 g/mol. The van der Waals surface area contributed by atoms with E-state index in [4.69, 9.17) is 5.11 Å². The zero-order valence-corrected chi connectivity index (χ0v) is 10.8. The maximum Gasteiger partial charge on any atom is 0.325 e. The van der Waals surface area contributed by atoms with Crippen molar-refractivity contribution in [3.05, 3.63) is 26.9 Å². The smallest absolute Gasteiger partial charge is 0.325 e. The molecular weight excluding hydrogens is 294 g/mol. The molecule has 1 rings (SSSR count). The van der Waals surface area contributed by atoms with Gasteiger partial charge in [0.15, 0.2) is 0 Å². The molecule has 0 spiro atoms. The zero-order valence-electron chi connectivity index (χ0n) is 8.44. The number of hydrogen-bond acceptors (Lipinski definition) is 3. The van der Waals surface area contributed by atoms with Gasteiger partial charge in [0.2, 0.25) is 5.91 Å². The predicted molar refractivity (Wildman–Crippen MR) is 66.3 cm³/mol. The molecule has 0 bridgehead atoms. The largest absolute Gasteiger partial charge is 0.480 e. The van der Waals surface area contributed by atoms with E-state index in [1.54, 1.807) is 6.08 Å². The first-order valence-corrected chi connectivity index (χ1v) is 6.11. The molecule has 0 radical (unpaired) electrons. The summed E-state index contributed by atoms with van der Waals surface area (Å²) in [7, 11) is 0. The SMILES string of the molecule is CC(NC(=O)/C=C/c1csc(Br)c1)C(=O)O. The van der Waals surface area contributed by atoms with Gasteiger partial charge in [-0.25, -0.2) is 0 Å². The lowest BCUT2D eigenvalue weighted by Gasteiger charge is -2.05. The average molecular weight is 304 g/mol. The molecule has 1 unspecified atom stereocenters. The van der Waals surface area contributed by atoms with Crippen LogP contribution in [0, 0.1) is 0 Å². The van der Waals surface area contributed by atoms with E-state index in [2.05, 4.69) is 21.2 Å². The molecule has 0 saturated heterocycles. The van der Waals surface area contributed by atoms with Crippen LogP contribution in [0.5, 0.6) is 0 Å². The molecule has 16 heavy (non-hydrogen) atoms. The molecule has 1 atom stereocenters. The summed E-state index contributed by atoms with van der Waals surface area (Å²) >= 11 is 4.82. The van der Waals surface area contributed by atoms with Crippen LogP contribution in [0.2, 0.25) is 0 Å². The number of carboxylic acid groups (broad SMARTS) is 1. The number of halogens is 1. The maximum atomic E-state index is 11.3. The number of amides is 1. The van der Waals surface area contributed by atoms with Crippen molar-refractivity contribution in [3.63, 3.8) is 0 Å². The highest BCUT2D eigenvalue weighted by molar-refractivity contribution is 9.11. The van der Waals surface area contributed by atoms with E-state index in [1.165, 1.54) is 24.3 Å².